The first-order valence-electron chi connectivity index (χ1n) is 6.07. The van der Waals surface area contributed by atoms with Crippen LogP contribution in [0.4, 0.5) is 0 Å². The molecule has 2 rings (SSSR count). The van der Waals surface area contributed by atoms with Gasteiger partial charge in [-0.1, -0.05) is 0 Å². The van der Waals surface area contributed by atoms with E-state index in [-0.39, 0.29) is 6.54 Å². The van der Waals surface area contributed by atoms with Gasteiger partial charge in [0.25, 0.3) is 0 Å². The summed E-state index contributed by atoms with van der Waals surface area (Å²) in [6.45, 7) is 0.230. The van der Waals surface area contributed by atoms with Crippen molar-refractivity contribution in [2.24, 2.45) is 5.73 Å². The predicted molar refractivity (Wildman–Crippen MR) is 78.1 cm³/mol. The Labute approximate surface area is 125 Å². The second-order valence-corrected chi connectivity index (χ2v) is 5.17. The quantitative estimate of drug-likeness (QED) is 0.867. The van der Waals surface area contributed by atoms with E-state index in [1.165, 1.54) is 25.6 Å². The monoisotopic (exact) mass is 306 g/mol. The largest absolute Gasteiger partial charge is 0.465 e. The Kier molecular flexibility index (Phi) is 4.66. The van der Waals surface area contributed by atoms with Crippen molar-refractivity contribution in [3.8, 4) is 11.3 Å². The number of hydrogen-bond acceptors (Lipinski definition) is 7. The van der Waals surface area contributed by atoms with Gasteiger partial charge in [0.2, 0.25) is 0 Å². The number of nitrogens with zero attached hydrogens (tertiary/aromatic N) is 1. The molecule has 0 saturated carbocycles. The predicted octanol–water partition coefficient (Wildman–Crippen LogP) is 1.84. The summed E-state index contributed by atoms with van der Waals surface area (Å²) in [6, 6.07) is 4.89. The molecule has 2 aromatic heterocycles. The summed E-state index contributed by atoms with van der Waals surface area (Å²) in [4.78, 5) is 28.8. The highest BCUT2D eigenvalue weighted by Crippen LogP contribution is 2.32. The summed E-state index contributed by atoms with van der Waals surface area (Å²) >= 11 is 1.22. The highest BCUT2D eigenvalue weighted by Gasteiger charge is 2.21. The van der Waals surface area contributed by atoms with Crippen molar-refractivity contribution in [3.63, 3.8) is 0 Å². The van der Waals surface area contributed by atoms with Crippen molar-refractivity contribution in [2.75, 3.05) is 14.2 Å². The van der Waals surface area contributed by atoms with E-state index in [2.05, 4.69) is 4.98 Å². The first-order valence-corrected chi connectivity index (χ1v) is 6.88. The second kappa shape index (κ2) is 6.47. The van der Waals surface area contributed by atoms with Crippen LogP contribution in [-0.2, 0) is 16.0 Å². The fraction of sp³-hybridized carbons (Fsp3) is 0.214. The zero-order chi connectivity index (χ0) is 15.4. The Morgan fingerprint density at radius 1 is 1.29 bits per heavy atom. The van der Waals surface area contributed by atoms with Crippen LogP contribution in [0.3, 0.4) is 0 Å². The maximum atomic E-state index is 11.8. The van der Waals surface area contributed by atoms with Gasteiger partial charge >= 0.3 is 11.9 Å². The van der Waals surface area contributed by atoms with Crippen molar-refractivity contribution in [1.29, 1.82) is 0 Å². The van der Waals surface area contributed by atoms with Crippen LogP contribution < -0.4 is 5.73 Å². The third-order valence-electron chi connectivity index (χ3n) is 2.85. The molecule has 6 nitrogen and oxygen atoms in total. The SMILES string of the molecule is COC(=O)c1cc(-c2ncccc2C(=O)OC)c(CN)s1. The van der Waals surface area contributed by atoms with Crippen LogP contribution in [0.1, 0.15) is 24.9 Å². The molecule has 0 bridgehead atoms. The Bertz CT molecular complexity index is 681. The molecule has 0 aromatic carbocycles. The molecule has 0 spiro atoms. The van der Waals surface area contributed by atoms with Gasteiger partial charge in [0.15, 0.2) is 0 Å². The van der Waals surface area contributed by atoms with Crippen LogP contribution in [0, 0.1) is 0 Å². The first-order chi connectivity index (χ1) is 10.1. The van der Waals surface area contributed by atoms with Crippen molar-refractivity contribution in [1.82, 2.24) is 4.98 Å². The van der Waals surface area contributed by atoms with Crippen LogP contribution in [0.2, 0.25) is 0 Å². The Morgan fingerprint density at radius 3 is 2.62 bits per heavy atom. The first kappa shape index (κ1) is 15.1. The van der Waals surface area contributed by atoms with E-state index in [0.717, 1.165) is 4.88 Å². The average Bonchev–Trinajstić information content (AvgIpc) is 2.97. The third kappa shape index (κ3) is 2.93. The Balaban J connectivity index is 2.59. The summed E-state index contributed by atoms with van der Waals surface area (Å²) in [5, 5.41) is 0. The van der Waals surface area contributed by atoms with Crippen molar-refractivity contribution in [2.45, 2.75) is 6.54 Å². The number of rotatable bonds is 4. The summed E-state index contributed by atoms with van der Waals surface area (Å²) in [7, 11) is 2.61. The summed E-state index contributed by atoms with van der Waals surface area (Å²) in [5.74, 6) is -0.941. The molecular formula is C14H14N2O4S. The second-order valence-electron chi connectivity index (χ2n) is 4.03. The molecule has 0 unspecified atom stereocenters. The lowest BCUT2D eigenvalue weighted by molar-refractivity contribution is 0.0595. The van der Waals surface area contributed by atoms with Gasteiger partial charge in [-0.2, -0.15) is 0 Å². The van der Waals surface area contributed by atoms with E-state index < -0.39 is 11.9 Å². The molecule has 21 heavy (non-hydrogen) atoms. The molecular weight excluding hydrogens is 292 g/mol. The summed E-state index contributed by atoms with van der Waals surface area (Å²) < 4.78 is 9.45. The van der Waals surface area contributed by atoms with E-state index in [1.54, 1.807) is 24.4 Å². The number of nitrogens with two attached hydrogens (primary N) is 1. The number of thiophene rings is 1. The van der Waals surface area contributed by atoms with E-state index in [9.17, 15) is 9.59 Å². The molecule has 0 aliphatic heterocycles. The zero-order valence-electron chi connectivity index (χ0n) is 11.6. The van der Waals surface area contributed by atoms with Crippen LogP contribution in [0.5, 0.6) is 0 Å². The lowest BCUT2D eigenvalue weighted by Crippen LogP contribution is -2.05. The Hall–Kier alpha value is -2.25. The number of aromatic nitrogens is 1. The van der Waals surface area contributed by atoms with Gasteiger partial charge in [-0.15, -0.1) is 11.3 Å². The van der Waals surface area contributed by atoms with Gasteiger partial charge in [0, 0.05) is 23.2 Å². The van der Waals surface area contributed by atoms with E-state index in [4.69, 9.17) is 15.2 Å². The number of ether oxygens (including phenoxy) is 2. The Morgan fingerprint density at radius 2 is 2.00 bits per heavy atom. The molecule has 0 fully saturated rings. The number of esters is 2. The lowest BCUT2D eigenvalue weighted by atomic mass is 10.1. The molecule has 0 radical (unpaired) electrons. The van der Waals surface area contributed by atoms with Crippen LogP contribution in [0.25, 0.3) is 11.3 Å². The van der Waals surface area contributed by atoms with Crippen LogP contribution >= 0.6 is 11.3 Å². The molecule has 2 N–H and O–H groups in total. The van der Waals surface area contributed by atoms with Gasteiger partial charge in [-0.05, 0) is 18.2 Å². The van der Waals surface area contributed by atoms with Gasteiger partial charge in [-0.3, -0.25) is 4.98 Å². The van der Waals surface area contributed by atoms with Crippen molar-refractivity contribution in [3.05, 3.63) is 39.7 Å². The third-order valence-corrected chi connectivity index (χ3v) is 3.99. The lowest BCUT2D eigenvalue weighted by Gasteiger charge is -2.06. The minimum atomic E-state index is -0.494. The molecule has 0 atom stereocenters. The van der Waals surface area contributed by atoms with Gasteiger partial charge in [0.05, 0.1) is 25.5 Å². The zero-order valence-corrected chi connectivity index (χ0v) is 12.4. The summed E-state index contributed by atoms with van der Waals surface area (Å²) in [5.41, 5.74) is 7.12. The number of carbonyl (C=O) groups is 2. The fourth-order valence-electron chi connectivity index (χ4n) is 1.88. The van der Waals surface area contributed by atoms with Gasteiger partial charge < -0.3 is 15.2 Å². The molecule has 0 aliphatic carbocycles. The fourth-order valence-corrected chi connectivity index (χ4v) is 2.83. The standard InChI is InChI=1S/C14H14N2O4S/c1-19-13(17)8-4-3-5-16-12(8)9-6-10(14(18)20-2)21-11(9)7-15/h3-6H,7,15H2,1-2H3. The number of hydrogen-bond donors (Lipinski definition) is 1. The normalized spacial score (nSPS) is 10.2. The van der Waals surface area contributed by atoms with Gasteiger partial charge in [-0.25, -0.2) is 9.59 Å². The number of pyridine rings is 1. The smallest absolute Gasteiger partial charge is 0.348 e. The highest BCUT2D eigenvalue weighted by molar-refractivity contribution is 7.14. The highest BCUT2D eigenvalue weighted by atomic mass is 32.1. The molecule has 0 amide bonds. The molecule has 0 aliphatic rings. The molecule has 7 heteroatoms. The number of carbonyl (C=O) groups excluding carboxylic acids is 2. The minimum absolute atomic E-state index is 0.230. The molecule has 110 valence electrons. The molecule has 0 saturated heterocycles. The van der Waals surface area contributed by atoms with E-state index in [1.807, 2.05) is 0 Å². The topological polar surface area (TPSA) is 91.5 Å². The van der Waals surface area contributed by atoms with E-state index in [0.29, 0.717) is 21.7 Å². The summed E-state index contributed by atoms with van der Waals surface area (Å²) in [6.07, 6.45) is 1.57. The maximum Gasteiger partial charge on any atom is 0.348 e. The number of methoxy groups -OCH3 is 2. The minimum Gasteiger partial charge on any atom is -0.465 e. The maximum absolute atomic E-state index is 11.8. The van der Waals surface area contributed by atoms with Crippen molar-refractivity contribution < 1.29 is 19.1 Å². The van der Waals surface area contributed by atoms with Crippen LogP contribution in [-0.4, -0.2) is 31.1 Å². The van der Waals surface area contributed by atoms with Crippen LogP contribution in [0.15, 0.2) is 24.4 Å². The average molecular weight is 306 g/mol. The van der Waals surface area contributed by atoms with Crippen molar-refractivity contribution >= 4 is 23.3 Å². The van der Waals surface area contributed by atoms with Gasteiger partial charge in [0.1, 0.15) is 4.88 Å². The molecule has 2 heterocycles. The van der Waals surface area contributed by atoms with E-state index >= 15 is 0 Å². The molecule has 2 aromatic rings.